The Kier molecular flexibility index (Phi) is 2.86. The average Bonchev–Trinajstić information content (AvgIpc) is 1.37. The highest BCUT2D eigenvalue weighted by Gasteiger charge is 1.33. The van der Waals surface area contributed by atoms with Gasteiger partial charge in [-0.2, -0.15) is 6.92 Å². The molecule has 0 aliphatic carbocycles. The van der Waals surface area contributed by atoms with Crippen LogP contribution in [0.1, 0.15) is 6.92 Å². The van der Waals surface area contributed by atoms with E-state index in [1.807, 2.05) is 0 Å². The topological polar surface area (TPSA) is 32.3 Å². The molecule has 0 bridgehead atoms. The van der Waals surface area contributed by atoms with Crippen LogP contribution >= 0.6 is 0 Å². The molecule has 2 nitrogen and oxygen atoms in total. The van der Waals surface area contributed by atoms with Gasteiger partial charge in [0.05, 0.1) is 0 Å². The molecule has 0 amide bonds. The van der Waals surface area contributed by atoms with Crippen LogP contribution in [0.2, 0.25) is 0 Å². The SMILES string of the molecule is C[CH-]NO. The van der Waals surface area contributed by atoms with Gasteiger partial charge in [0.25, 0.3) is 0 Å². The minimum atomic E-state index is 1.43. The molecule has 0 unspecified atom stereocenters. The van der Waals surface area contributed by atoms with Crippen molar-refractivity contribution in [2.75, 3.05) is 0 Å². The third-order valence-electron chi connectivity index (χ3n) is 0.129. The number of hydrogen-bond donors (Lipinski definition) is 2. The monoisotopic (exact) mass is 60.0 g/mol. The van der Waals surface area contributed by atoms with E-state index in [1.165, 1.54) is 6.54 Å². The van der Waals surface area contributed by atoms with Crippen LogP contribution < -0.4 is 5.48 Å². The summed E-state index contributed by atoms with van der Waals surface area (Å²) in [5.74, 6) is 0. The van der Waals surface area contributed by atoms with Crippen LogP contribution in [-0.4, -0.2) is 5.21 Å². The molecule has 2 N–H and O–H groups in total. The first-order valence-electron chi connectivity index (χ1n) is 1.09. The van der Waals surface area contributed by atoms with Crippen molar-refractivity contribution in [3.8, 4) is 0 Å². The zero-order chi connectivity index (χ0) is 3.41. The third-order valence-corrected chi connectivity index (χ3v) is 0.129. The van der Waals surface area contributed by atoms with Gasteiger partial charge in [0.2, 0.25) is 0 Å². The normalized spacial score (nSPS) is 7.50. The summed E-state index contributed by atoms with van der Waals surface area (Å²) in [6.07, 6.45) is 0. The molecule has 0 atom stereocenters. The van der Waals surface area contributed by atoms with Crippen LogP contribution in [0.5, 0.6) is 0 Å². The lowest BCUT2D eigenvalue weighted by Gasteiger charge is -1.91. The van der Waals surface area contributed by atoms with Gasteiger partial charge in [-0.1, -0.05) is 0 Å². The highest BCUT2D eigenvalue weighted by atomic mass is 16.5. The summed E-state index contributed by atoms with van der Waals surface area (Å²) in [5, 5.41) is 7.57. The van der Waals surface area contributed by atoms with Crippen molar-refractivity contribution in [2.45, 2.75) is 6.92 Å². The molecule has 0 aliphatic heterocycles. The molecule has 0 aromatic heterocycles. The summed E-state index contributed by atoms with van der Waals surface area (Å²) >= 11 is 0. The molecule has 0 rings (SSSR count). The zero-order valence-electron chi connectivity index (χ0n) is 2.52. The second-order valence-electron chi connectivity index (χ2n) is 0.418. The first-order valence-corrected chi connectivity index (χ1v) is 1.09. The maximum Gasteiger partial charge on any atom is -0.177 e. The number of hydrogen-bond acceptors (Lipinski definition) is 2. The second kappa shape index (κ2) is 2.92. The summed E-state index contributed by atoms with van der Waals surface area (Å²) in [7, 11) is 0. The van der Waals surface area contributed by atoms with E-state index in [2.05, 4.69) is 0 Å². The lowest BCUT2D eigenvalue weighted by atomic mass is 10.8. The number of rotatable bonds is 1. The lowest BCUT2D eigenvalue weighted by Crippen LogP contribution is -1.95. The first kappa shape index (κ1) is 3.92. The van der Waals surface area contributed by atoms with E-state index in [-0.39, 0.29) is 0 Å². The van der Waals surface area contributed by atoms with Crippen molar-refractivity contribution in [1.82, 2.24) is 5.48 Å². The fourth-order valence-corrected chi connectivity index (χ4v) is 0. The molecular formula is C2H6NO-. The summed E-state index contributed by atoms with van der Waals surface area (Å²) in [4.78, 5) is 0. The average molecular weight is 60.1 g/mol. The van der Waals surface area contributed by atoms with E-state index in [1.54, 1.807) is 12.4 Å². The summed E-state index contributed by atoms with van der Waals surface area (Å²) in [5.41, 5.74) is 1.81. The molecule has 4 heavy (non-hydrogen) atoms. The molecule has 0 saturated carbocycles. The van der Waals surface area contributed by atoms with Crippen LogP contribution in [0.3, 0.4) is 0 Å². The Morgan fingerprint density at radius 2 is 2.25 bits per heavy atom. The van der Waals surface area contributed by atoms with Crippen LogP contribution in [0.15, 0.2) is 0 Å². The van der Waals surface area contributed by atoms with Gasteiger partial charge >= 0.3 is 0 Å². The lowest BCUT2D eigenvalue weighted by molar-refractivity contribution is 0.197. The molecule has 0 radical (unpaired) electrons. The molecule has 0 fully saturated rings. The molecule has 0 aromatic rings. The van der Waals surface area contributed by atoms with Crippen LogP contribution in [0.25, 0.3) is 0 Å². The quantitative estimate of drug-likeness (QED) is 0.333. The largest absolute Gasteiger partial charge is 0.354 e. The van der Waals surface area contributed by atoms with Gasteiger partial charge in [0, 0.05) is 0 Å². The highest BCUT2D eigenvalue weighted by Crippen LogP contribution is 1.46. The molecular weight excluding hydrogens is 54.0 g/mol. The smallest absolute Gasteiger partial charge is 0.177 e. The minimum Gasteiger partial charge on any atom is -0.354 e. The number of hydroxylamine groups is 1. The minimum absolute atomic E-state index is 1.43. The predicted octanol–water partition coefficient (Wildman–Crippen LogP) is 0.147. The Labute approximate surface area is 25.4 Å². The van der Waals surface area contributed by atoms with E-state index in [0.717, 1.165) is 0 Å². The molecule has 26 valence electrons. The van der Waals surface area contributed by atoms with Gasteiger partial charge in [-0.15, -0.1) is 0 Å². The van der Waals surface area contributed by atoms with Crippen molar-refractivity contribution >= 4 is 0 Å². The summed E-state index contributed by atoms with van der Waals surface area (Å²) in [6.45, 7) is 3.12. The Bertz CT molecular complexity index is 8.00. The fraction of sp³-hybridized carbons (Fsp3) is 0.500. The Morgan fingerprint density at radius 1 is 2.00 bits per heavy atom. The Balaban J connectivity index is 1.97. The van der Waals surface area contributed by atoms with E-state index < -0.39 is 0 Å². The molecule has 2 heteroatoms. The van der Waals surface area contributed by atoms with Crippen molar-refractivity contribution in [1.29, 1.82) is 0 Å². The Morgan fingerprint density at radius 3 is 2.25 bits per heavy atom. The van der Waals surface area contributed by atoms with E-state index in [0.29, 0.717) is 0 Å². The van der Waals surface area contributed by atoms with Gasteiger partial charge in [0.15, 0.2) is 0 Å². The fourth-order valence-electron chi connectivity index (χ4n) is 0. The van der Waals surface area contributed by atoms with Crippen molar-refractivity contribution in [3.63, 3.8) is 0 Å². The van der Waals surface area contributed by atoms with Crippen molar-refractivity contribution in [3.05, 3.63) is 6.54 Å². The zero-order valence-corrected chi connectivity index (χ0v) is 2.52. The van der Waals surface area contributed by atoms with Gasteiger partial charge in [-0.3, -0.25) is 0 Å². The Hall–Kier alpha value is -0.0800. The van der Waals surface area contributed by atoms with Crippen LogP contribution in [0, 0.1) is 6.54 Å². The maximum atomic E-state index is 7.57. The maximum absolute atomic E-state index is 7.57. The van der Waals surface area contributed by atoms with Crippen LogP contribution in [-0.2, 0) is 0 Å². The third kappa shape index (κ3) is 1.92. The van der Waals surface area contributed by atoms with E-state index in [4.69, 9.17) is 5.21 Å². The molecule has 0 aliphatic rings. The summed E-state index contributed by atoms with van der Waals surface area (Å²) < 4.78 is 0. The highest BCUT2D eigenvalue weighted by molar-refractivity contribution is 4.33. The predicted molar refractivity (Wildman–Crippen MR) is 14.9 cm³/mol. The van der Waals surface area contributed by atoms with Crippen molar-refractivity contribution < 1.29 is 5.21 Å². The van der Waals surface area contributed by atoms with E-state index in [9.17, 15) is 0 Å². The van der Waals surface area contributed by atoms with E-state index >= 15 is 0 Å². The van der Waals surface area contributed by atoms with Gasteiger partial charge in [-0.25, -0.2) is 6.54 Å². The van der Waals surface area contributed by atoms with Gasteiger partial charge < -0.3 is 10.7 Å². The number of nitrogens with one attached hydrogen (secondary N) is 1. The molecule has 0 heterocycles. The standard InChI is InChI=1S/C2H6NO/c1-2-3-4/h2-4H,1H3/q-1. The summed E-state index contributed by atoms with van der Waals surface area (Å²) in [6, 6.07) is 0. The van der Waals surface area contributed by atoms with Crippen LogP contribution in [0.4, 0.5) is 0 Å². The second-order valence-corrected chi connectivity index (χ2v) is 0.418. The molecule has 0 spiro atoms. The van der Waals surface area contributed by atoms with Crippen molar-refractivity contribution in [2.24, 2.45) is 0 Å². The van der Waals surface area contributed by atoms with Gasteiger partial charge in [-0.05, 0) is 0 Å². The van der Waals surface area contributed by atoms with Gasteiger partial charge in [0.1, 0.15) is 0 Å². The molecule has 0 aromatic carbocycles. The first-order chi connectivity index (χ1) is 1.91. The molecule has 0 saturated heterocycles.